The van der Waals surface area contributed by atoms with Gasteiger partial charge in [0.15, 0.2) is 0 Å². The number of hydrogen-bond acceptors (Lipinski definition) is 3. The van der Waals surface area contributed by atoms with Crippen LogP contribution in [-0.4, -0.2) is 42.5 Å². The zero-order chi connectivity index (χ0) is 16.2. The first-order valence-corrected chi connectivity index (χ1v) is 8.94. The maximum absolute atomic E-state index is 12.3. The number of likely N-dealkylation sites (tertiary alicyclic amines) is 1. The Balaban J connectivity index is 0.00000208. The van der Waals surface area contributed by atoms with Crippen LogP contribution in [0.1, 0.15) is 44.1 Å². The molecular weight excluding hydrogens is 322 g/mol. The van der Waals surface area contributed by atoms with Crippen LogP contribution in [-0.2, 0) is 4.79 Å². The summed E-state index contributed by atoms with van der Waals surface area (Å²) >= 11 is 0. The first-order chi connectivity index (χ1) is 11.1. The highest BCUT2D eigenvalue weighted by atomic mass is 35.5. The maximum atomic E-state index is 12.3. The third-order valence-electron chi connectivity index (χ3n) is 5.42. The van der Waals surface area contributed by atoms with Crippen LogP contribution in [0.25, 0.3) is 0 Å². The molecule has 2 atom stereocenters. The maximum Gasteiger partial charge on any atom is 0.234 e. The molecule has 2 aliphatic rings. The Morgan fingerprint density at radius 3 is 2.50 bits per heavy atom. The number of rotatable bonds is 4. The topological polar surface area (TPSA) is 58.4 Å². The molecule has 1 amide bonds. The molecule has 5 heteroatoms. The molecule has 24 heavy (non-hydrogen) atoms. The van der Waals surface area contributed by atoms with Crippen LogP contribution in [0.4, 0.5) is 0 Å². The highest BCUT2D eigenvalue weighted by Crippen LogP contribution is 2.26. The van der Waals surface area contributed by atoms with Crippen LogP contribution in [0.3, 0.4) is 0 Å². The zero-order valence-corrected chi connectivity index (χ0v) is 15.3. The first kappa shape index (κ1) is 19.2. The number of benzene rings is 1. The molecule has 0 radical (unpaired) electrons. The fraction of sp³-hybridized carbons (Fsp3) is 0.632. The van der Waals surface area contributed by atoms with Gasteiger partial charge in [-0.3, -0.25) is 9.69 Å². The molecule has 1 saturated carbocycles. The highest BCUT2D eigenvalue weighted by Gasteiger charge is 2.32. The van der Waals surface area contributed by atoms with Crippen molar-refractivity contribution in [1.82, 2.24) is 10.2 Å². The van der Waals surface area contributed by atoms with Crippen LogP contribution in [0.5, 0.6) is 0 Å². The predicted molar refractivity (Wildman–Crippen MR) is 100 cm³/mol. The van der Waals surface area contributed by atoms with E-state index in [1.165, 1.54) is 18.4 Å². The molecule has 1 aliphatic heterocycles. The highest BCUT2D eigenvalue weighted by molar-refractivity contribution is 5.85. The summed E-state index contributed by atoms with van der Waals surface area (Å²) in [6.45, 7) is 4.45. The van der Waals surface area contributed by atoms with Crippen molar-refractivity contribution in [2.24, 2.45) is 11.7 Å². The molecule has 0 bridgehead atoms. The lowest BCUT2D eigenvalue weighted by Crippen LogP contribution is -2.43. The van der Waals surface area contributed by atoms with E-state index < -0.39 is 0 Å². The third kappa shape index (κ3) is 4.95. The fourth-order valence-corrected chi connectivity index (χ4v) is 3.98. The number of carbonyl (C=O) groups excluding carboxylic acids is 1. The monoisotopic (exact) mass is 351 g/mol. The van der Waals surface area contributed by atoms with E-state index in [0.717, 1.165) is 31.8 Å². The first-order valence-electron chi connectivity index (χ1n) is 8.94. The number of amides is 1. The lowest BCUT2D eigenvalue weighted by molar-refractivity contribution is -0.123. The van der Waals surface area contributed by atoms with Crippen LogP contribution in [0, 0.1) is 5.92 Å². The number of nitrogens with two attached hydrogens (primary N) is 1. The van der Waals surface area contributed by atoms with Crippen molar-refractivity contribution in [1.29, 1.82) is 0 Å². The molecule has 1 aliphatic carbocycles. The van der Waals surface area contributed by atoms with E-state index in [0.29, 0.717) is 18.5 Å². The van der Waals surface area contributed by atoms with Gasteiger partial charge >= 0.3 is 0 Å². The van der Waals surface area contributed by atoms with Crippen molar-refractivity contribution in [3.8, 4) is 0 Å². The Kier molecular flexibility index (Phi) is 7.08. The van der Waals surface area contributed by atoms with E-state index in [4.69, 9.17) is 5.73 Å². The quantitative estimate of drug-likeness (QED) is 0.876. The smallest absolute Gasteiger partial charge is 0.234 e. The molecule has 134 valence electrons. The molecular formula is C19H30ClN3O. The number of hydrogen-bond donors (Lipinski definition) is 2. The van der Waals surface area contributed by atoms with Crippen molar-refractivity contribution < 1.29 is 4.79 Å². The minimum atomic E-state index is 0. The second-order valence-corrected chi connectivity index (χ2v) is 7.40. The number of nitrogens with zero attached hydrogens (tertiary/aromatic N) is 1. The average molecular weight is 352 g/mol. The standard InChI is InChI=1S/C19H29N3O.ClH/c1-14-7-9-16(10-8-14)21-19(23)13-22-11-17(18(20)12-22)15-5-3-2-4-6-15;/h2-6,14,16-18H,7-13,20H2,1H3,(H,21,23);1H/t14?,16?,17-,18+;/m0./s1. The lowest BCUT2D eigenvalue weighted by Gasteiger charge is -2.27. The van der Waals surface area contributed by atoms with E-state index in [1.807, 2.05) is 6.07 Å². The summed E-state index contributed by atoms with van der Waals surface area (Å²) in [5.41, 5.74) is 7.58. The molecule has 0 unspecified atom stereocenters. The average Bonchev–Trinajstić information content (AvgIpc) is 2.91. The summed E-state index contributed by atoms with van der Waals surface area (Å²) in [6, 6.07) is 10.9. The molecule has 3 rings (SSSR count). The van der Waals surface area contributed by atoms with Gasteiger partial charge in [-0.25, -0.2) is 0 Å². The van der Waals surface area contributed by atoms with Gasteiger partial charge in [-0.1, -0.05) is 37.3 Å². The largest absolute Gasteiger partial charge is 0.352 e. The molecule has 3 N–H and O–H groups in total. The third-order valence-corrected chi connectivity index (χ3v) is 5.42. The van der Waals surface area contributed by atoms with Crippen LogP contribution < -0.4 is 11.1 Å². The van der Waals surface area contributed by atoms with E-state index in [2.05, 4.69) is 41.4 Å². The minimum Gasteiger partial charge on any atom is -0.352 e. The SMILES string of the molecule is CC1CCC(NC(=O)CN2C[C@@H](N)[C@H](c3ccccc3)C2)CC1.Cl. The Morgan fingerprint density at radius 1 is 1.17 bits per heavy atom. The molecule has 1 heterocycles. The normalized spacial score (nSPS) is 30.6. The lowest BCUT2D eigenvalue weighted by atomic mass is 9.87. The minimum absolute atomic E-state index is 0. The molecule has 0 spiro atoms. The van der Waals surface area contributed by atoms with Gasteiger partial charge in [-0.05, 0) is 37.2 Å². The summed E-state index contributed by atoms with van der Waals surface area (Å²) in [6.07, 6.45) is 4.71. The molecule has 2 fully saturated rings. The Labute approximate surface area is 151 Å². The van der Waals surface area contributed by atoms with Crippen molar-refractivity contribution >= 4 is 18.3 Å². The van der Waals surface area contributed by atoms with Crippen LogP contribution in [0.15, 0.2) is 30.3 Å². The van der Waals surface area contributed by atoms with Crippen molar-refractivity contribution in [3.63, 3.8) is 0 Å². The molecule has 1 aromatic carbocycles. The summed E-state index contributed by atoms with van der Waals surface area (Å²) in [7, 11) is 0. The van der Waals surface area contributed by atoms with Gasteiger partial charge < -0.3 is 11.1 Å². The van der Waals surface area contributed by atoms with Crippen molar-refractivity contribution in [2.75, 3.05) is 19.6 Å². The molecule has 1 aromatic rings. The molecule has 4 nitrogen and oxygen atoms in total. The van der Waals surface area contributed by atoms with Crippen molar-refractivity contribution in [3.05, 3.63) is 35.9 Å². The summed E-state index contributed by atoms with van der Waals surface area (Å²) in [5.74, 6) is 1.30. The van der Waals surface area contributed by atoms with Gasteiger partial charge in [-0.2, -0.15) is 0 Å². The van der Waals surface area contributed by atoms with Gasteiger partial charge in [0, 0.05) is 31.1 Å². The second kappa shape index (κ2) is 8.84. The molecule has 1 saturated heterocycles. The van der Waals surface area contributed by atoms with Gasteiger partial charge in [0.25, 0.3) is 0 Å². The van der Waals surface area contributed by atoms with Gasteiger partial charge in [0.2, 0.25) is 5.91 Å². The fourth-order valence-electron chi connectivity index (χ4n) is 3.98. The van der Waals surface area contributed by atoms with Gasteiger partial charge in [-0.15, -0.1) is 12.4 Å². The zero-order valence-electron chi connectivity index (χ0n) is 14.5. The van der Waals surface area contributed by atoms with E-state index in [1.54, 1.807) is 0 Å². The van der Waals surface area contributed by atoms with Crippen LogP contribution >= 0.6 is 12.4 Å². The summed E-state index contributed by atoms with van der Waals surface area (Å²) < 4.78 is 0. The van der Waals surface area contributed by atoms with Crippen molar-refractivity contribution in [2.45, 2.75) is 50.6 Å². The Bertz CT molecular complexity index is 517. The number of nitrogens with one attached hydrogen (secondary N) is 1. The van der Waals surface area contributed by atoms with Crippen LogP contribution in [0.2, 0.25) is 0 Å². The van der Waals surface area contributed by atoms with E-state index >= 15 is 0 Å². The van der Waals surface area contributed by atoms with Gasteiger partial charge in [0.05, 0.1) is 6.54 Å². The van der Waals surface area contributed by atoms with E-state index in [-0.39, 0.29) is 24.4 Å². The summed E-state index contributed by atoms with van der Waals surface area (Å²) in [5, 5.41) is 3.21. The number of halogens is 1. The number of carbonyl (C=O) groups is 1. The second-order valence-electron chi connectivity index (χ2n) is 7.40. The van der Waals surface area contributed by atoms with Gasteiger partial charge in [0.1, 0.15) is 0 Å². The summed E-state index contributed by atoms with van der Waals surface area (Å²) in [4.78, 5) is 14.5. The Hall–Kier alpha value is -1.10. The Morgan fingerprint density at radius 2 is 1.83 bits per heavy atom. The van der Waals surface area contributed by atoms with E-state index in [9.17, 15) is 4.79 Å². The molecule has 0 aromatic heterocycles. The predicted octanol–water partition coefficient (Wildman–Crippen LogP) is 2.53.